The molecule has 2 heterocycles. The first kappa shape index (κ1) is 17.1. The minimum absolute atomic E-state index is 0.0625. The van der Waals surface area contributed by atoms with E-state index < -0.39 is 0 Å². The van der Waals surface area contributed by atoms with E-state index in [-0.39, 0.29) is 12.1 Å². The number of piperazine rings is 1. The topological polar surface area (TPSA) is 59.4 Å². The summed E-state index contributed by atoms with van der Waals surface area (Å²) in [6, 6.07) is 5.93. The minimum Gasteiger partial charge on any atom is -0.338 e. The normalized spacial score (nSPS) is 19.0. The van der Waals surface area contributed by atoms with Gasteiger partial charge in [0.2, 0.25) is 0 Å². The summed E-state index contributed by atoms with van der Waals surface area (Å²) in [6.07, 6.45) is 2.97. The number of hydrogen-bond donors (Lipinski definition) is 1. The average molecular weight is 341 g/mol. The number of unbranched alkanes of at least 4 members (excludes halogenated alkanes) is 1. The van der Waals surface area contributed by atoms with Crippen LogP contribution in [0.4, 0.5) is 4.79 Å². The quantitative estimate of drug-likeness (QED) is 0.838. The first-order chi connectivity index (χ1) is 10.6. The number of nitrogens with one attached hydrogen (secondary N) is 1. The Morgan fingerprint density at radius 2 is 2.32 bits per heavy atom. The van der Waals surface area contributed by atoms with E-state index in [9.17, 15) is 4.79 Å². The van der Waals surface area contributed by atoms with Gasteiger partial charge >= 0.3 is 6.03 Å². The number of hydrogen-bond acceptors (Lipinski definition) is 4. The predicted octanol–water partition coefficient (Wildman–Crippen LogP) is 2.57. The Hall–Kier alpha value is -1.29. The molecule has 0 bridgehead atoms. The van der Waals surface area contributed by atoms with Crippen LogP contribution in [0, 0.1) is 11.3 Å². The monoisotopic (exact) mass is 340 g/mol. The molecule has 0 saturated carbocycles. The van der Waals surface area contributed by atoms with Gasteiger partial charge in [-0.1, -0.05) is 11.6 Å². The molecular formula is C15H21ClN4OS. The molecule has 5 nitrogen and oxygen atoms in total. The van der Waals surface area contributed by atoms with Crippen LogP contribution in [-0.4, -0.2) is 55.1 Å². The molecular weight excluding hydrogens is 320 g/mol. The molecule has 1 aromatic heterocycles. The van der Waals surface area contributed by atoms with Crippen LogP contribution in [0.15, 0.2) is 12.1 Å². The van der Waals surface area contributed by atoms with Gasteiger partial charge in [-0.25, -0.2) is 4.79 Å². The van der Waals surface area contributed by atoms with Crippen molar-refractivity contribution in [3.8, 4) is 6.07 Å². The van der Waals surface area contributed by atoms with Gasteiger partial charge in [-0.05, 0) is 38.4 Å². The number of nitriles is 1. The van der Waals surface area contributed by atoms with Crippen molar-refractivity contribution < 1.29 is 4.79 Å². The molecule has 2 amide bonds. The highest BCUT2D eigenvalue weighted by molar-refractivity contribution is 7.16. The molecule has 1 saturated heterocycles. The Morgan fingerprint density at radius 3 is 3.00 bits per heavy atom. The Balaban J connectivity index is 1.62. The summed E-state index contributed by atoms with van der Waals surface area (Å²) in [5.41, 5.74) is 0. The van der Waals surface area contributed by atoms with Crippen LogP contribution in [-0.2, 0) is 6.42 Å². The summed E-state index contributed by atoms with van der Waals surface area (Å²) in [4.78, 5) is 17.1. The van der Waals surface area contributed by atoms with Gasteiger partial charge < -0.3 is 10.2 Å². The molecule has 22 heavy (non-hydrogen) atoms. The first-order valence-electron chi connectivity index (χ1n) is 7.47. The van der Waals surface area contributed by atoms with Crippen LogP contribution in [0.2, 0.25) is 4.34 Å². The fourth-order valence-electron chi connectivity index (χ4n) is 2.42. The maximum atomic E-state index is 12.1. The number of carbonyl (C=O) groups is 1. The molecule has 1 N–H and O–H groups in total. The van der Waals surface area contributed by atoms with Crippen molar-refractivity contribution in [3.05, 3.63) is 21.3 Å². The lowest BCUT2D eigenvalue weighted by atomic mass is 10.2. The lowest BCUT2D eigenvalue weighted by Gasteiger charge is -2.35. The van der Waals surface area contributed by atoms with Crippen molar-refractivity contribution >= 4 is 29.0 Å². The molecule has 2 rings (SSSR count). The van der Waals surface area contributed by atoms with Crippen molar-refractivity contribution in [2.75, 3.05) is 33.2 Å². The highest BCUT2D eigenvalue weighted by atomic mass is 35.5. The number of nitrogens with zero attached hydrogens (tertiary/aromatic N) is 3. The van der Waals surface area contributed by atoms with Crippen LogP contribution < -0.4 is 5.32 Å². The van der Waals surface area contributed by atoms with Crippen LogP contribution in [0.5, 0.6) is 0 Å². The number of urea groups is 1. The Kier molecular flexibility index (Phi) is 6.49. The van der Waals surface area contributed by atoms with Gasteiger partial charge in [-0.15, -0.1) is 11.3 Å². The van der Waals surface area contributed by atoms with E-state index in [0.29, 0.717) is 19.6 Å². The second-order valence-electron chi connectivity index (χ2n) is 5.47. The highest BCUT2D eigenvalue weighted by Gasteiger charge is 2.26. The third kappa shape index (κ3) is 4.87. The Morgan fingerprint density at radius 1 is 1.50 bits per heavy atom. The molecule has 120 valence electrons. The second kappa shape index (κ2) is 8.37. The molecule has 1 atom stereocenters. The zero-order chi connectivity index (χ0) is 15.9. The van der Waals surface area contributed by atoms with E-state index in [1.165, 1.54) is 4.88 Å². The number of aryl methyl sites for hydroxylation is 1. The second-order valence-corrected chi connectivity index (χ2v) is 7.27. The third-order valence-electron chi connectivity index (χ3n) is 3.84. The fourth-order valence-corrected chi connectivity index (χ4v) is 3.54. The van der Waals surface area contributed by atoms with E-state index in [1.807, 2.05) is 18.0 Å². The number of amides is 2. The largest absolute Gasteiger partial charge is 0.338 e. The number of halogens is 1. The third-order valence-corrected chi connectivity index (χ3v) is 5.13. The lowest BCUT2D eigenvalue weighted by molar-refractivity contribution is 0.132. The minimum atomic E-state index is -0.205. The Bertz CT molecular complexity index is 542. The molecule has 0 radical (unpaired) electrons. The van der Waals surface area contributed by atoms with Crippen LogP contribution in [0.1, 0.15) is 17.7 Å². The van der Waals surface area contributed by atoms with Gasteiger partial charge in [0.1, 0.15) is 6.04 Å². The first-order valence-corrected chi connectivity index (χ1v) is 8.66. The fraction of sp³-hybridized carbons (Fsp3) is 0.600. The molecule has 1 fully saturated rings. The summed E-state index contributed by atoms with van der Waals surface area (Å²) in [5, 5.41) is 12.0. The summed E-state index contributed by atoms with van der Waals surface area (Å²) in [7, 11) is 1.92. The molecule has 0 aromatic carbocycles. The SMILES string of the molecule is CN1CCN(C(=O)NCCCCc2ccc(Cl)s2)CC1C#N. The average Bonchev–Trinajstić information content (AvgIpc) is 2.92. The highest BCUT2D eigenvalue weighted by Crippen LogP contribution is 2.22. The number of carbonyl (C=O) groups excluding carboxylic acids is 1. The summed E-state index contributed by atoms with van der Waals surface area (Å²) in [5.74, 6) is 0. The van der Waals surface area contributed by atoms with E-state index in [0.717, 1.165) is 30.1 Å². The van der Waals surface area contributed by atoms with Gasteiger partial charge in [-0.3, -0.25) is 4.90 Å². The molecule has 1 aromatic rings. The van der Waals surface area contributed by atoms with Gasteiger partial charge in [-0.2, -0.15) is 5.26 Å². The molecule has 1 aliphatic heterocycles. The van der Waals surface area contributed by atoms with Crippen molar-refractivity contribution in [1.29, 1.82) is 5.26 Å². The maximum Gasteiger partial charge on any atom is 0.317 e. The lowest BCUT2D eigenvalue weighted by Crippen LogP contribution is -2.55. The van der Waals surface area contributed by atoms with E-state index in [1.54, 1.807) is 16.2 Å². The number of rotatable bonds is 5. The van der Waals surface area contributed by atoms with E-state index in [4.69, 9.17) is 16.9 Å². The summed E-state index contributed by atoms with van der Waals surface area (Å²) in [6.45, 7) is 2.56. The van der Waals surface area contributed by atoms with Crippen molar-refractivity contribution in [1.82, 2.24) is 15.1 Å². The predicted molar refractivity (Wildman–Crippen MR) is 89.3 cm³/mol. The molecule has 7 heteroatoms. The van der Waals surface area contributed by atoms with Gasteiger partial charge in [0.15, 0.2) is 0 Å². The van der Waals surface area contributed by atoms with Gasteiger partial charge in [0, 0.05) is 24.5 Å². The van der Waals surface area contributed by atoms with Gasteiger partial charge in [0.05, 0.1) is 17.0 Å². The van der Waals surface area contributed by atoms with Crippen molar-refractivity contribution in [2.24, 2.45) is 0 Å². The number of thiophene rings is 1. The van der Waals surface area contributed by atoms with E-state index in [2.05, 4.69) is 17.5 Å². The molecule has 0 spiro atoms. The Labute approximate surface area is 140 Å². The summed E-state index contributed by atoms with van der Waals surface area (Å²) >= 11 is 7.50. The van der Waals surface area contributed by atoms with Crippen LogP contribution in [0.25, 0.3) is 0 Å². The van der Waals surface area contributed by atoms with Crippen molar-refractivity contribution in [2.45, 2.75) is 25.3 Å². The molecule has 0 aliphatic carbocycles. The smallest absolute Gasteiger partial charge is 0.317 e. The van der Waals surface area contributed by atoms with E-state index >= 15 is 0 Å². The zero-order valence-electron chi connectivity index (χ0n) is 12.7. The van der Waals surface area contributed by atoms with Gasteiger partial charge in [0.25, 0.3) is 0 Å². The summed E-state index contributed by atoms with van der Waals surface area (Å²) < 4.78 is 0.824. The maximum absolute atomic E-state index is 12.1. The standard InChI is InChI=1S/C15H21ClN4OS/c1-19-8-9-20(11-12(19)10-17)15(21)18-7-3-2-4-13-5-6-14(16)22-13/h5-6,12H,2-4,7-9,11H2,1H3,(H,18,21). The molecule has 1 unspecified atom stereocenters. The number of likely N-dealkylation sites (N-methyl/N-ethyl adjacent to an activating group) is 1. The van der Waals surface area contributed by atoms with Crippen molar-refractivity contribution in [3.63, 3.8) is 0 Å². The molecule has 1 aliphatic rings. The van der Waals surface area contributed by atoms with Crippen LogP contribution >= 0.6 is 22.9 Å². The van der Waals surface area contributed by atoms with Crippen LogP contribution in [0.3, 0.4) is 0 Å². The zero-order valence-corrected chi connectivity index (χ0v) is 14.3.